The van der Waals surface area contributed by atoms with E-state index in [9.17, 15) is 9.59 Å². The van der Waals surface area contributed by atoms with E-state index in [2.05, 4.69) is 5.10 Å². The maximum atomic E-state index is 12.4. The predicted octanol–water partition coefficient (Wildman–Crippen LogP) is 1.16. The van der Waals surface area contributed by atoms with Gasteiger partial charge in [0, 0.05) is 19.8 Å². The summed E-state index contributed by atoms with van der Waals surface area (Å²) in [7, 11) is 1.85. The van der Waals surface area contributed by atoms with Crippen LogP contribution in [0, 0.1) is 0 Å². The number of anilines is 1. The number of fused-ring (bicyclic) bond motifs is 1. The van der Waals surface area contributed by atoms with Gasteiger partial charge in [0.05, 0.1) is 0 Å². The average Bonchev–Trinajstić information content (AvgIpc) is 2.86. The third-order valence-corrected chi connectivity index (χ3v) is 3.49. The lowest BCUT2D eigenvalue weighted by Crippen LogP contribution is -2.32. The highest BCUT2D eigenvalue weighted by Gasteiger charge is 2.16. The molecule has 21 heavy (non-hydrogen) atoms. The molecule has 0 atom stereocenters. The molecular weight excluding hydrogens is 272 g/mol. The van der Waals surface area contributed by atoms with E-state index in [1.54, 1.807) is 10.5 Å². The monoisotopic (exact) mass is 292 g/mol. The summed E-state index contributed by atoms with van der Waals surface area (Å²) >= 11 is 0. The van der Waals surface area contributed by atoms with Gasteiger partial charge >= 0.3 is 5.97 Å². The molecule has 0 bridgehead atoms. The first-order valence-electron chi connectivity index (χ1n) is 6.91. The molecule has 0 aliphatic rings. The summed E-state index contributed by atoms with van der Waals surface area (Å²) in [6, 6.07) is 1.81. The Labute approximate surface area is 122 Å². The van der Waals surface area contributed by atoms with Crippen molar-refractivity contribution < 1.29 is 9.90 Å². The molecule has 0 aromatic carbocycles. The molecular formula is C14H20N4O3. The molecule has 2 aromatic rings. The van der Waals surface area contributed by atoms with Crippen LogP contribution in [0.4, 0.5) is 5.95 Å². The van der Waals surface area contributed by atoms with E-state index in [1.165, 1.54) is 0 Å². The minimum atomic E-state index is -1.09. The lowest BCUT2D eigenvalue weighted by atomic mass is 10.1. The molecule has 7 nitrogen and oxygen atoms in total. The number of carboxylic acid groups (broad SMARTS) is 1. The molecule has 1 N–H and O–H groups in total. The summed E-state index contributed by atoms with van der Waals surface area (Å²) in [4.78, 5) is 25.1. The van der Waals surface area contributed by atoms with Crippen LogP contribution in [0.5, 0.6) is 0 Å². The Morgan fingerprint density at radius 1 is 1.48 bits per heavy atom. The van der Waals surface area contributed by atoms with Crippen LogP contribution in [0.15, 0.2) is 17.1 Å². The Bertz CT molecular complexity index is 730. The summed E-state index contributed by atoms with van der Waals surface area (Å²) in [6.07, 6.45) is 1.89. The lowest BCUT2D eigenvalue weighted by Gasteiger charge is -2.18. The molecule has 2 heterocycles. The van der Waals surface area contributed by atoms with E-state index in [0.29, 0.717) is 18.0 Å². The molecule has 2 aromatic heterocycles. The molecule has 7 heteroatoms. The lowest BCUT2D eigenvalue weighted by molar-refractivity contribution is -0.137. The Morgan fingerprint density at radius 3 is 2.67 bits per heavy atom. The second-order valence-electron chi connectivity index (χ2n) is 5.35. The van der Waals surface area contributed by atoms with Gasteiger partial charge in [-0.3, -0.25) is 14.0 Å². The van der Waals surface area contributed by atoms with Crippen molar-refractivity contribution in [2.24, 2.45) is 0 Å². The van der Waals surface area contributed by atoms with Crippen molar-refractivity contribution >= 4 is 17.4 Å². The Kier molecular flexibility index (Phi) is 4.02. The first-order valence-corrected chi connectivity index (χ1v) is 6.91. The van der Waals surface area contributed by atoms with Crippen molar-refractivity contribution in [3.63, 3.8) is 0 Å². The highest BCUT2D eigenvalue weighted by molar-refractivity contribution is 5.66. The fourth-order valence-corrected chi connectivity index (χ4v) is 2.10. The molecule has 0 aliphatic heterocycles. The van der Waals surface area contributed by atoms with Crippen LogP contribution < -0.4 is 10.5 Å². The number of rotatable bonds is 5. The molecule has 114 valence electrons. The molecule has 0 fully saturated rings. The van der Waals surface area contributed by atoms with Gasteiger partial charge in [-0.2, -0.15) is 0 Å². The van der Waals surface area contributed by atoms with Gasteiger partial charge < -0.3 is 10.0 Å². The number of carboxylic acids is 1. The maximum absolute atomic E-state index is 12.4. The minimum Gasteiger partial charge on any atom is -0.480 e. The smallest absolute Gasteiger partial charge is 0.325 e. The summed E-state index contributed by atoms with van der Waals surface area (Å²) in [6.45, 7) is 6.31. The molecule has 0 unspecified atom stereocenters. The van der Waals surface area contributed by atoms with E-state index in [-0.39, 0.29) is 5.92 Å². The van der Waals surface area contributed by atoms with Crippen LogP contribution in [0.25, 0.3) is 5.52 Å². The fourth-order valence-electron chi connectivity index (χ4n) is 2.10. The molecule has 2 rings (SSSR count). The van der Waals surface area contributed by atoms with Gasteiger partial charge in [0.15, 0.2) is 0 Å². The van der Waals surface area contributed by atoms with Gasteiger partial charge in [-0.05, 0) is 24.5 Å². The zero-order chi connectivity index (χ0) is 15.7. The SMILES string of the molecule is CCN(C)c1nn(CC(=O)O)c(=O)c2cc(C(C)C)cn12. The summed E-state index contributed by atoms with van der Waals surface area (Å²) in [5.41, 5.74) is 1.08. The summed E-state index contributed by atoms with van der Waals surface area (Å²) < 4.78 is 2.74. The predicted molar refractivity (Wildman–Crippen MR) is 80.1 cm³/mol. The van der Waals surface area contributed by atoms with E-state index >= 15 is 0 Å². The number of nitrogens with zero attached hydrogens (tertiary/aromatic N) is 4. The maximum Gasteiger partial charge on any atom is 0.325 e. The van der Waals surface area contributed by atoms with Gasteiger partial charge in [-0.1, -0.05) is 13.8 Å². The van der Waals surface area contributed by atoms with Gasteiger partial charge in [-0.15, -0.1) is 5.10 Å². The summed E-state index contributed by atoms with van der Waals surface area (Å²) in [5.74, 6) is -0.257. The van der Waals surface area contributed by atoms with Crippen molar-refractivity contribution in [1.82, 2.24) is 14.2 Å². The van der Waals surface area contributed by atoms with Crippen molar-refractivity contribution in [3.05, 3.63) is 28.2 Å². The highest BCUT2D eigenvalue weighted by atomic mass is 16.4. The van der Waals surface area contributed by atoms with Crippen LogP contribution in [0.2, 0.25) is 0 Å². The van der Waals surface area contributed by atoms with Gasteiger partial charge in [0.25, 0.3) is 5.56 Å². The van der Waals surface area contributed by atoms with E-state index < -0.39 is 18.1 Å². The van der Waals surface area contributed by atoms with E-state index in [0.717, 1.165) is 10.2 Å². The molecule has 0 amide bonds. The van der Waals surface area contributed by atoms with Gasteiger partial charge in [-0.25, -0.2) is 4.68 Å². The van der Waals surface area contributed by atoms with Gasteiger partial charge in [0.2, 0.25) is 5.95 Å². The number of carbonyl (C=O) groups is 1. The average molecular weight is 292 g/mol. The number of aromatic nitrogens is 3. The van der Waals surface area contributed by atoms with Gasteiger partial charge in [0.1, 0.15) is 12.1 Å². The van der Waals surface area contributed by atoms with E-state index in [1.807, 2.05) is 38.9 Å². The van der Waals surface area contributed by atoms with Crippen molar-refractivity contribution in [2.75, 3.05) is 18.5 Å². The molecule has 0 saturated carbocycles. The van der Waals surface area contributed by atoms with Crippen LogP contribution in [0.3, 0.4) is 0 Å². The van der Waals surface area contributed by atoms with E-state index in [4.69, 9.17) is 5.11 Å². The van der Waals surface area contributed by atoms with Crippen molar-refractivity contribution in [2.45, 2.75) is 33.2 Å². The minimum absolute atomic E-state index is 0.275. The topological polar surface area (TPSA) is 79.8 Å². The quantitative estimate of drug-likeness (QED) is 0.894. The number of hydrogen-bond acceptors (Lipinski definition) is 4. The molecule has 0 radical (unpaired) electrons. The van der Waals surface area contributed by atoms with Crippen molar-refractivity contribution in [1.29, 1.82) is 0 Å². The third-order valence-electron chi connectivity index (χ3n) is 3.49. The molecule has 0 spiro atoms. The largest absolute Gasteiger partial charge is 0.480 e. The van der Waals surface area contributed by atoms with Crippen LogP contribution in [-0.2, 0) is 11.3 Å². The normalized spacial score (nSPS) is 11.3. The first-order chi connectivity index (χ1) is 9.85. The molecule has 0 aliphatic carbocycles. The Hall–Kier alpha value is -2.31. The van der Waals surface area contributed by atoms with Crippen molar-refractivity contribution in [3.8, 4) is 0 Å². The zero-order valence-corrected chi connectivity index (χ0v) is 12.7. The number of hydrogen-bond donors (Lipinski definition) is 1. The van der Waals surface area contributed by atoms with Crippen LogP contribution >= 0.6 is 0 Å². The number of aliphatic carboxylic acids is 1. The summed E-state index contributed by atoms with van der Waals surface area (Å²) in [5, 5.41) is 13.1. The fraction of sp³-hybridized carbons (Fsp3) is 0.500. The van der Waals surface area contributed by atoms with Crippen LogP contribution in [0.1, 0.15) is 32.3 Å². The molecule has 0 saturated heterocycles. The second-order valence-corrected chi connectivity index (χ2v) is 5.35. The second kappa shape index (κ2) is 5.59. The highest BCUT2D eigenvalue weighted by Crippen LogP contribution is 2.20. The standard InChI is InChI=1S/C14H20N4O3/c1-5-16(4)14-15-18(8-12(19)20)13(21)11-6-10(9(2)3)7-17(11)14/h6-7,9H,5,8H2,1-4H3,(H,19,20). The Balaban J connectivity index is 2.76. The zero-order valence-electron chi connectivity index (χ0n) is 12.7. The Morgan fingerprint density at radius 2 is 2.14 bits per heavy atom. The third kappa shape index (κ3) is 2.76. The first kappa shape index (κ1) is 15.1. The van der Waals surface area contributed by atoms with Crippen LogP contribution in [-0.4, -0.2) is 38.8 Å².